The summed E-state index contributed by atoms with van der Waals surface area (Å²) in [4.78, 5) is 28.6. The fraction of sp³-hybridized carbons (Fsp3) is 0.389. The maximum Gasteiger partial charge on any atom is 0.266 e. The predicted octanol–water partition coefficient (Wildman–Crippen LogP) is 0.183. The van der Waals surface area contributed by atoms with Crippen LogP contribution in [0.1, 0.15) is 16.1 Å². The van der Waals surface area contributed by atoms with Crippen molar-refractivity contribution in [3.63, 3.8) is 0 Å². The standard InChI is InChI=1S/C18H21N7O3/c1-14-15(13-20-28-14)18(27)23-10-7-22(8-11-23)9-12-25-17(26)4-3-16(21-25)24-6-2-5-19-24/h2-6,13H,7-12H2,1H3. The summed E-state index contributed by atoms with van der Waals surface area (Å²) in [7, 11) is 0. The molecule has 0 aromatic carbocycles. The highest BCUT2D eigenvalue weighted by Crippen LogP contribution is 2.12. The highest BCUT2D eigenvalue weighted by atomic mass is 16.5. The second-order valence-corrected chi connectivity index (χ2v) is 6.63. The maximum atomic E-state index is 12.5. The first-order valence-corrected chi connectivity index (χ1v) is 9.13. The SMILES string of the molecule is Cc1oncc1C(=O)N1CCN(CCn2nc(-n3cccn3)ccc2=O)CC1. The van der Waals surface area contributed by atoms with Gasteiger partial charge in [-0.05, 0) is 19.1 Å². The van der Waals surface area contributed by atoms with Crippen LogP contribution in [-0.2, 0) is 6.54 Å². The summed E-state index contributed by atoms with van der Waals surface area (Å²) in [6, 6.07) is 4.96. The molecule has 1 aliphatic rings. The third-order valence-corrected chi connectivity index (χ3v) is 4.86. The monoisotopic (exact) mass is 383 g/mol. The Balaban J connectivity index is 1.33. The second-order valence-electron chi connectivity index (χ2n) is 6.63. The van der Waals surface area contributed by atoms with Gasteiger partial charge in [0.15, 0.2) is 5.82 Å². The van der Waals surface area contributed by atoms with Gasteiger partial charge in [0, 0.05) is 51.2 Å². The van der Waals surface area contributed by atoms with E-state index < -0.39 is 0 Å². The normalized spacial score (nSPS) is 15.1. The van der Waals surface area contributed by atoms with Gasteiger partial charge >= 0.3 is 0 Å². The van der Waals surface area contributed by atoms with E-state index in [2.05, 4.69) is 20.3 Å². The minimum Gasteiger partial charge on any atom is -0.361 e. The zero-order chi connectivity index (χ0) is 19.5. The van der Waals surface area contributed by atoms with Crippen molar-refractivity contribution in [1.82, 2.24) is 34.5 Å². The van der Waals surface area contributed by atoms with E-state index in [0.29, 0.717) is 43.3 Å². The lowest BCUT2D eigenvalue weighted by Gasteiger charge is -2.34. The van der Waals surface area contributed by atoms with E-state index in [-0.39, 0.29) is 11.5 Å². The molecule has 10 heteroatoms. The maximum absolute atomic E-state index is 12.5. The van der Waals surface area contributed by atoms with Crippen molar-refractivity contribution in [2.24, 2.45) is 0 Å². The van der Waals surface area contributed by atoms with Crippen LogP contribution in [0.2, 0.25) is 0 Å². The third-order valence-electron chi connectivity index (χ3n) is 4.86. The van der Waals surface area contributed by atoms with Crippen molar-refractivity contribution in [1.29, 1.82) is 0 Å². The number of aryl methyl sites for hydroxylation is 1. The number of hydrogen-bond donors (Lipinski definition) is 0. The molecule has 1 amide bonds. The summed E-state index contributed by atoms with van der Waals surface area (Å²) >= 11 is 0. The van der Waals surface area contributed by atoms with Crippen LogP contribution >= 0.6 is 0 Å². The van der Waals surface area contributed by atoms with Crippen molar-refractivity contribution >= 4 is 5.91 Å². The minimum absolute atomic E-state index is 0.0526. The summed E-state index contributed by atoms with van der Waals surface area (Å²) in [6.07, 6.45) is 4.92. The van der Waals surface area contributed by atoms with Crippen molar-refractivity contribution in [2.45, 2.75) is 13.5 Å². The van der Waals surface area contributed by atoms with Crippen LogP contribution in [0.3, 0.4) is 0 Å². The van der Waals surface area contributed by atoms with Crippen LogP contribution < -0.4 is 5.56 Å². The Bertz CT molecular complexity index is 1000. The smallest absolute Gasteiger partial charge is 0.266 e. The van der Waals surface area contributed by atoms with Crippen molar-refractivity contribution in [3.8, 4) is 5.82 Å². The molecule has 3 aromatic rings. The van der Waals surface area contributed by atoms with E-state index in [1.807, 2.05) is 0 Å². The minimum atomic E-state index is -0.146. The van der Waals surface area contributed by atoms with Gasteiger partial charge in [0.05, 0.1) is 12.7 Å². The number of piperazine rings is 1. The van der Waals surface area contributed by atoms with Gasteiger partial charge < -0.3 is 9.42 Å². The lowest BCUT2D eigenvalue weighted by Crippen LogP contribution is -2.49. The topological polar surface area (TPSA) is 102 Å². The number of carbonyl (C=O) groups excluding carboxylic acids is 1. The lowest BCUT2D eigenvalue weighted by atomic mass is 10.2. The first-order valence-electron chi connectivity index (χ1n) is 9.13. The largest absolute Gasteiger partial charge is 0.361 e. The van der Waals surface area contributed by atoms with Crippen LogP contribution in [0.25, 0.3) is 5.82 Å². The first kappa shape index (κ1) is 18.1. The summed E-state index contributed by atoms with van der Waals surface area (Å²) in [6.45, 7) is 5.63. The number of aromatic nitrogens is 5. The molecule has 28 heavy (non-hydrogen) atoms. The van der Waals surface area contributed by atoms with E-state index >= 15 is 0 Å². The first-order chi connectivity index (χ1) is 13.6. The molecule has 0 aliphatic carbocycles. The van der Waals surface area contributed by atoms with Crippen LogP contribution in [0.5, 0.6) is 0 Å². The molecular weight excluding hydrogens is 362 g/mol. The van der Waals surface area contributed by atoms with Gasteiger partial charge in [0.1, 0.15) is 11.3 Å². The van der Waals surface area contributed by atoms with Gasteiger partial charge in [-0.3, -0.25) is 14.5 Å². The molecule has 0 saturated carbocycles. The molecule has 0 N–H and O–H groups in total. The van der Waals surface area contributed by atoms with Gasteiger partial charge in [-0.2, -0.15) is 5.10 Å². The summed E-state index contributed by atoms with van der Waals surface area (Å²) in [5.74, 6) is 1.09. The molecule has 1 aliphatic heterocycles. The fourth-order valence-electron chi connectivity index (χ4n) is 3.21. The third kappa shape index (κ3) is 3.72. The zero-order valence-corrected chi connectivity index (χ0v) is 15.6. The second kappa shape index (κ2) is 7.77. The Morgan fingerprint density at radius 3 is 2.68 bits per heavy atom. The number of rotatable bonds is 5. The number of carbonyl (C=O) groups is 1. The Labute approximate surface area is 160 Å². The summed E-state index contributed by atoms with van der Waals surface area (Å²) in [5.41, 5.74) is 0.368. The van der Waals surface area contributed by atoms with Crippen molar-refractivity contribution < 1.29 is 9.32 Å². The van der Waals surface area contributed by atoms with Gasteiger partial charge in [-0.1, -0.05) is 5.16 Å². The molecule has 0 unspecified atom stereocenters. The number of nitrogens with zero attached hydrogens (tertiary/aromatic N) is 7. The predicted molar refractivity (Wildman–Crippen MR) is 99.2 cm³/mol. The molecule has 3 aromatic heterocycles. The Hall–Kier alpha value is -3.27. The van der Waals surface area contributed by atoms with E-state index in [4.69, 9.17) is 4.52 Å². The number of hydrogen-bond acceptors (Lipinski definition) is 7. The van der Waals surface area contributed by atoms with Gasteiger partial charge in [-0.15, -0.1) is 5.10 Å². The quantitative estimate of drug-likeness (QED) is 0.619. The van der Waals surface area contributed by atoms with Crippen molar-refractivity contribution in [2.75, 3.05) is 32.7 Å². The molecule has 0 bridgehead atoms. The van der Waals surface area contributed by atoms with Crippen LogP contribution in [0.4, 0.5) is 0 Å². The van der Waals surface area contributed by atoms with Crippen LogP contribution in [0, 0.1) is 6.92 Å². The molecule has 10 nitrogen and oxygen atoms in total. The van der Waals surface area contributed by atoms with E-state index in [9.17, 15) is 9.59 Å². The molecule has 0 radical (unpaired) electrons. The van der Waals surface area contributed by atoms with Crippen molar-refractivity contribution in [3.05, 3.63) is 58.5 Å². The fourth-order valence-corrected chi connectivity index (χ4v) is 3.21. The molecule has 146 valence electrons. The molecule has 4 rings (SSSR count). The summed E-state index contributed by atoms with van der Waals surface area (Å²) < 4.78 is 8.05. The van der Waals surface area contributed by atoms with E-state index in [0.717, 1.165) is 13.1 Å². The molecule has 0 spiro atoms. The Morgan fingerprint density at radius 2 is 2.00 bits per heavy atom. The lowest BCUT2D eigenvalue weighted by molar-refractivity contribution is 0.0629. The van der Waals surface area contributed by atoms with Crippen LogP contribution in [0.15, 0.2) is 46.1 Å². The molecule has 0 atom stereocenters. The Morgan fingerprint density at radius 1 is 1.18 bits per heavy atom. The van der Waals surface area contributed by atoms with E-state index in [1.54, 1.807) is 41.0 Å². The zero-order valence-electron chi connectivity index (χ0n) is 15.6. The van der Waals surface area contributed by atoms with Crippen LogP contribution in [-0.4, -0.2) is 73.1 Å². The highest BCUT2D eigenvalue weighted by Gasteiger charge is 2.24. The molecule has 1 fully saturated rings. The molecular formula is C18H21N7O3. The summed E-state index contributed by atoms with van der Waals surface area (Å²) in [5, 5.41) is 12.2. The Kier molecular flexibility index (Phi) is 5.02. The number of amides is 1. The average molecular weight is 383 g/mol. The highest BCUT2D eigenvalue weighted by molar-refractivity contribution is 5.94. The van der Waals surface area contributed by atoms with E-state index in [1.165, 1.54) is 16.9 Å². The van der Waals surface area contributed by atoms with Gasteiger partial charge in [-0.25, -0.2) is 9.36 Å². The van der Waals surface area contributed by atoms with Gasteiger partial charge in [0.25, 0.3) is 11.5 Å². The van der Waals surface area contributed by atoms with Gasteiger partial charge in [0.2, 0.25) is 0 Å². The molecule has 4 heterocycles. The molecule has 1 saturated heterocycles. The average Bonchev–Trinajstić information content (AvgIpc) is 3.39.